The molecule has 0 fully saturated rings. The van der Waals surface area contributed by atoms with Crippen molar-refractivity contribution in [3.05, 3.63) is 25.3 Å². The third kappa shape index (κ3) is 14.3. The van der Waals surface area contributed by atoms with E-state index < -0.39 is 8.32 Å². The Morgan fingerprint density at radius 1 is 0.952 bits per heavy atom. The van der Waals surface area contributed by atoms with Crippen molar-refractivity contribution in [2.75, 3.05) is 13.2 Å². The Morgan fingerprint density at radius 2 is 1.43 bits per heavy atom. The quantitative estimate of drug-likeness (QED) is 0.318. The first kappa shape index (κ1) is 22.9. The van der Waals surface area contributed by atoms with Crippen LogP contribution in [-0.4, -0.2) is 26.6 Å². The highest BCUT2D eigenvalue weighted by molar-refractivity contribution is 6.74. The minimum atomic E-state index is -1.49. The van der Waals surface area contributed by atoms with Crippen molar-refractivity contribution in [1.82, 2.24) is 0 Å². The lowest BCUT2D eigenvalue weighted by Crippen LogP contribution is -2.40. The molecular weight excluding hydrogens is 276 g/mol. The summed E-state index contributed by atoms with van der Waals surface area (Å²) in [6.07, 6.45) is 10.3. The standard InChI is InChI=1S/C12H26OSi.C6H12O/c1-7-8-9-10-11-13-14(5,6)12(2,3)4;1-2-3-4-5-6-7/h7H,1,8-11H2,2-6H3;2,7H,1,3-6H2. The topological polar surface area (TPSA) is 29.5 Å². The molecule has 0 radical (unpaired) electrons. The van der Waals surface area contributed by atoms with Crippen LogP contribution in [0.4, 0.5) is 0 Å². The van der Waals surface area contributed by atoms with Gasteiger partial charge in [-0.25, -0.2) is 0 Å². The summed E-state index contributed by atoms with van der Waals surface area (Å²) in [4.78, 5) is 0. The number of hydrogen-bond acceptors (Lipinski definition) is 2. The number of allylic oxidation sites excluding steroid dienone is 2. The van der Waals surface area contributed by atoms with Gasteiger partial charge in [0.25, 0.3) is 0 Å². The van der Waals surface area contributed by atoms with Gasteiger partial charge < -0.3 is 9.53 Å². The van der Waals surface area contributed by atoms with Crippen LogP contribution in [0.15, 0.2) is 25.3 Å². The van der Waals surface area contributed by atoms with Crippen molar-refractivity contribution < 1.29 is 9.53 Å². The molecule has 0 amide bonds. The smallest absolute Gasteiger partial charge is 0.191 e. The van der Waals surface area contributed by atoms with E-state index in [2.05, 4.69) is 47.0 Å². The molecule has 3 heteroatoms. The van der Waals surface area contributed by atoms with Gasteiger partial charge in [-0.2, -0.15) is 0 Å². The Balaban J connectivity index is 0. The van der Waals surface area contributed by atoms with E-state index in [1.807, 2.05) is 12.2 Å². The molecule has 0 aromatic rings. The monoisotopic (exact) mass is 314 g/mol. The average molecular weight is 315 g/mol. The van der Waals surface area contributed by atoms with Crippen LogP contribution in [0.1, 0.15) is 59.3 Å². The highest BCUT2D eigenvalue weighted by Crippen LogP contribution is 2.36. The van der Waals surface area contributed by atoms with Gasteiger partial charge in [0.1, 0.15) is 0 Å². The van der Waals surface area contributed by atoms with Crippen molar-refractivity contribution in [2.45, 2.75) is 77.4 Å². The summed E-state index contributed by atoms with van der Waals surface area (Å²) in [5, 5.41) is 8.60. The van der Waals surface area contributed by atoms with Gasteiger partial charge in [-0.1, -0.05) is 32.9 Å². The largest absolute Gasteiger partial charge is 0.417 e. The fraction of sp³-hybridized carbons (Fsp3) is 0.778. The van der Waals surface area contributed by atoms with Gasteiger partial charge in [0.15, 0.2) is 8.32 Å². The van der Waals surface area contributed by atoms with Crippen LogP contribution in [0.5, 0.6) is 0 Å². The zero-order chi connectivity index (χ0) is 16.8. The average Bonchev–Trinajstić information content (AvgIpc) is 2.38. The molecule has 2 nitrogen and oxygen atoms in total. The van der Waals surface area contributed by atoms with E-state index in [9.17, 15) is 0 Å². The second-order valence-electron chi connectivity index (χ2n) is 6.90. The van der Waals surface area contributed by atoms with Crippen molar-refractivity contribution in [1.29, 1.82) is 0 Å². The predicted octanol–water partition coefficient (Wildman–Crippen LogP) is 5.70. The molecule has 126 valence electrons. The summed E-state index contributed by atoms with van der Waals surface area (Å²) in [5.74, 6) is 0. The molecule has 21 heavy (non-hydrogen) atoms. The fourth-order valence-electron chi connectivity index (χ4n) is 1.34. The van der Waals surface area contributed by atoms with Crippen LogP contribution in [0.2, 0.25) is 18.1 Å². The van der Waals surface area contributed by atoms with Crippen LogP contribution >= 0.6 is 0 Å². The number of hydrogen-bond donors (Lipinski definition) is 1. The first-order valence-electron chi connectivity index (χ1n) is 8.19. The lowest BCUT2D eigenvalue weighted by Gasteiger charge is -2.36. The van der Waals surface area contributed by atoms with Crippen LogP contribution < -0.4 is 0 Å². The maximum absolute atomic E-state index is 8.26. The molecule has 0 aliphatic heterocycles. The van der Waals surface area contributed by atoms with Gasteiger partial charge in [-0.05, 0) is 56.7 Å². The molecule has 0 aromatic carbocycles. The van der Waals surface area contributed by atoms with Gasteiger partial charge in [0.05, 0.1) is 0 Å². The van der Waals surface area contributed by atoms with E-state index >= 15 is 0 Å². The third-order valence-corrected chi connectivity index (χ3v) is 8.43. The number of aliphatic hydroxyl groups is 1. The molecular formula is C18H38O2Si. The molecule has 0 heterocycles. The summed E-state index contributed by atoms with van der Waals surface area (Å²) in [6, 6.07) is 0. The summed E-state index contributed by atoms with van der Waals surface area (Å²) >= 11 is 0. The van der Waals surface area contributed by atoms with Crippen LogP contribution in [0.25, 0.3) is 0 Å². The summed E-state index contributed by atoms with van der Waals surface area (Å²) in [5.41, 5.74) is 0. The van der Waals surface area contributed by atoms with Gasteiger partial charge in [0.2, 0.25) is 0 Å². The number of unbranched alkanes of at least 4 members (excludes halogenated alkanes) is 4. The van der Waals surface area contributed by atoms with Gasteiger partial charge in [-0.15, -0.1) is 13.2 Å². The summed E-state index contributed by atoms with van der Waals surface area (Å²) < 4.78 is 6.05. The highest BCUT2D eigenvalue weighted by atomic mass is 28.4. The molecule has 0 rings (SSSR count). The Morgan fingerprint density at radius 3 is 1.81 bits per heavy atom. The number of rotatable bonds is 10. The molecule has 0 unspecified atom stereocenters. The molecule has 0 saturated heterocycles. The number of aliphatic hydroxyl groups excluding tert-OH is 1. The van der Waals surface area contributed by atoms with Crippen LogP contribution in [0.3, 0.4) is 0 Å². The highest BCUT2D eigenvalue weighted by Gasteiger charge is 2.36. The van der Waals surface area contributed by atoms with E-state index in [1.54, 1.807) is 0 Å². The Bertz CT molecular complexity index is 254. The normalized spacial score (nSPS) is 11.5. The van der Waals surface area contributed by atoms with Crippen molar-refractivity contribution in [3.8, 4) is 0 Å². The van der Waals surface area contributed by atoms with E-state index in [1.165, 1.54) is 12.8 Å². The molecule has 0 bridgehead atoms. The van der Waals surface area contributed by atoms with E-state index in [0.29, 0.717) is 11.6 Å². The zero-order valence-electron chi connectivity index (χ0n) is 15.1. The molecule has 0 aliphatic carbocycles. The van der Waals surface area contributed by atoms with E-state index in [-0.39, 0.29) is 0 Å². The van der Waals surface area contributed by atoms with Gasteiger partial charge >= 0.3 is 0 Å². The Labute approximate surface area is 134 Å². The molecule has 0 aromatic heterocycles. The zero-order valence-corrected chi connectivity index (χ0v) is 16.1. The SMILES string of the molecule is C=CCCCCO.C=CCCCCO[Si](C)(C)C(C)(C)C. The van der Waals surface area contributed by atoms with Crippen LogP contribution in [-0.2, 0) is 4.43 Å². The van der Waals surface area contributed by atoms with Crippen LogP contribution in [0, 0.1) is 0 Å². The summed E-state index contributed by atoms with van der Waals surface area (Å²) in [7, 11) is -1.49. The Kier molecular flexibility index (Phi) is 14.5. The third-order valence-electron chi connectivity index (χ3n) is 3.89. The molecule has 0 aliphatic rings. The molecule has 1 N–H and O–H groups in total. The first-order chi connectivity index (χ1) is 9.72. The fourth-order valence-corrected chi connectivity index (χ4v) is 2.42. The maximum atomic E-state index is 8.26. The van der Waals surface area contributed by atoms with Gasteiger partial charge in [0, 0.05) is 13.2 Å². The second kappa shape index (κ2) is 13.3. The van der Waals surface area contributed by atoms with Gasteiger partial charge in [-0.3, -0.25) is 0 Å². The Hall–Kier alpha value is -0.383. The van der Waals surface area contributed by atoms with Crippen molar-refractivity contribution in [3.63, 3.8) is 0 Å². The lowest BCUT2D eigenvalue weighted by molar-refractivity contribution is 0.279. The molecule has 0 spiro atoms. The second-order valence-corrected chi connectivity index (χ2v) is 11.7. The minimum absolute atomic E-state index is 0.313. The molecule has 0 saturated carbocycles. The predicted molar refractivity (Wildman–Crippen MR) is 98.3 cm³/mol. The first-order valence-corrected chi connectivity index (χ1v) is 11.1. The maximum Gasteiger partial charge on any atom is 0.191 e. The van der Waals surface area contributed by atoms with E-state index in [4.69, 9.17) is 9.53 Å². The van der Waals surface area contributed by atoms with Crippen molar-refractivity contribution >= 4 is 8.32 Å². The minimum Gasteiger partial charge on any atom is -0.417 e. The lowest BCUT2D eigenvalue weighted by atomic mass is 10.2. The van der Waals surface area contributed by atoms with E-state index in [0.717, 1.165) is 32.3 Å². The van der Waals surface area contributed by atoms with Crippen molar-refractivity contribution in [2.24, 2.45) is 0 Å². The molecule has 0 atom stereocenters. The summed E-state index contributed by atoms with van der Waals surface area (Å²) in [6.45, 7) is 20.0.